The number of rotatable bonds is 3. The molecule has 26 heavy (non-hydrogen) atoms. The van der Waals surface area contributed by atoms with E-state index >= 15 is 0 Å². The normalized spacial score (nSPS) is 18.7. The van der Waals surface area contributed by atoms with Gasteiger partial charge in [-0.2, -0.15) is 0 Å². The van der Waals surface area contributed by atoms with Gasteiger partial charge in [-0.3, -0.25) is 4.79 Å². The fourth-order valence-corrected chi connectivity index (χ4v) is 3.69. The van der Waals surface area contributed by atoms with Crippen molar-refractivity contribution in [1.82, 2.24) is 4.90 Å². The van der Waals surface area contributed by atoms with Crippen molar-refractivity contribution in [2.45, 2.75) is 18.9 Å². The first-order valence-corrected chi connectivity index (χ1v) is 9.11. The predicted octanol–water partition coefficient (Wildman–Crippen LogP) is 3.50. The van der Waals surface area contributed by atoms with Crippen molar-refractivity contribution < 1.29 is 14.3 Å². The molecule has 0 bridgehead atoms. The lowest BCUT2D eigenvalue weighted by Gasteiger charge is -2.27. The number of amides is 1. The van der Waals surface area contributed by atoms with Crippen LogP contribution < -0.4 is 14.4 Å². The molecular weight excluding hydrogens is 328 g/mol. The maximum atomic E-state index is 13.1. The Balaban J connectivity index is 1.57. The Hall–Kier alpha value is -2.69. The smallest absolute Gasteiger partial charge is 0.254 e. The largest absolute Gasteiger partial charge is 0.486 e. The van der Waals surface area contributed by atoms with Crippen molar-refractivity contribution >= 4 is 11.6 Å². The third-order valence-corrected chi connectivity index (χ3v) is 5.10. The van der Waals surface area contributed by atoms with Gasteiger partial charge in [-0.25, -0.2) is 0 Å². The summed E-state index contributed by atoms with van der Waals surface area (Å²) in [5, 5.41) is 0. The van der Waals surface area contributed by atoms with E-state index in [1.54, 1.807) is 0 Å². The molecule has 1 unspecified atom stereocenters. The monoisotopic (exact) mass is 352 g/mol. The number of carbonyl (C=O) groups is 1. The van der Waals surface area contributed by atoms with Gasteiger partial charge in [0.05, 0.1) is 6.04 Å². The molecule has 1 atom stereocenters. The maximum absolute atomic E-state index is 13.1. The molecule has 2 aliphatic rings. The summed E-state index contributed by atoms with van der Waals surface area (Å²) in [5.74, 6) is 1.66. The Bertz CT molecular complexity index is 801. The van der Waals surface area contributed by atoms with Crippen molar-refractivity contribution in [2.24, 2.45) is 0 Å². The number of carbonyl (C=O) groups excluding carboxylic acids is 1. The van der Waals surface area contributed by atoms with Crippen LogP contribution in [0.5, 0.6) is 11.5 Å². The Labute approximate surface area is 154 Å². The molecule has 0 N–H and O–H groups in total. The summed E-state index contributed by atoms with van der Waals surface area (Å²) in [6.07, 6.45) is 1.99. The molecule has 5 heteroatoms. The van der Waals surface area contributed by atoms with Crippen LogP contribution in [-0.2, 0) is 0 Å². The zero-order valence-electron chi connectivity index (χ0n) is 15.3. The standard InChI is InChI=1S/C21H24N2O3/c1-22(2)17-8-5-15(6-9-17)21(24)23-11-3-4-18(23)16-7-10-19-20(14-16)26-13-12-25-19/h5-10,14,18H,3-4,11-13H2,1-2H3. The molecule has 0 aliphatic carbocycles. The van der Waals surface area contributed by atoms with Crippen LogP contribution in [0.1, 0.15) is 34.8 Å². The minimum atomic E-state index is 0.0897. The van der Waals surface area contributed by atoms with E-state index in [4.69, 9.17) is 9.47 Å². The number of likely N-dealkylation sites (tertiary alicyclic amines) is 1. The second-order valence-electron chi connectivity index (χ2n) is 7.00. The molecule has 0 radical (unpaired) electrons. The molecule has 2 heterocycles. The van der Waals surface area contributed by atoms with Gasteiger partial charge in [-0.1, -0.05) is 6.07 Å². The number of anilines is 1. The van der Waals surface area contributed by atoms with Crippen LogP contribution in [0.3, 0.4) is 0 Å². The highest BCUT2D eigenvalue weighted by Crippen LogP contribution is 2.38. The zero-order chi connectivity index (χ0) is 18.1. The topological polar surface area (TPSA) is 42.0 Å². The summed E-state index contributed by atoms with van der Waals surface area (Å²) >= 11 is 0. The highest BCUT2D eigenvalue weighted by Gasteiger charge is 2.31. The van der Waals surface area contributed by atoms with E-state index in [0.29, 0.717) is 13.2 Å². The minimum Gasteiger partial charge on any atom is -0.486 e. The lowest BCUT2D eigenvalue weighted by atomic mass is 10.0. The molecule has 1 amide bonds. The van der Waals surface area contributed by atoms with Gasteiger partial charge in [0.15, 0.2) is 11.5 Å². The summed E-state index contributed by atoms with van der Waals surface area (Å²) in [6.45, 7) is 1.94. The molecule has 136 valence electrons. The van der Waals surface area contributed by atoms with E-state index in [2.05, 4.69) is 6.07 Å². The molecule has 0 aromatic heterocycles. The molecule has 2 aromatic carbocycles. The van der Waals surface area contributed by atoms with E-state index in [0.717, 1.165) is 47.7 Å². The highest BCUT2D eigenvalue weighted by molar-refractivity contribution is 5.95. The van der Waals surface area contributed by atoms with Crippen LogP contribution in [0, 0.1) is 0 Å². The minimum absolute atomic E-state index is 0.0897. The van der Waals surface area contributed by atoms with Crippen LogP contribution in [0.2, 0.25) is 0 Å². The lowest BCUT2D eigenvalue weighted by Crippen LogP contribution is -2.30. The van der Waals surface area contributed by atoms with Crippen molar-refractivity contribution in [2.75, 3.05) is 38.8 Å². The lowest BCUT2D eigenvalue weighted by molar-refractivity contribution is 0.0735. The fraction of sp³-hybridized carbons (Fsp3) is 0.381. The number of benzene rings is 2. The maximum Gasteiger partial charge on any atom is 0.254 e. The van der Waals surface area contributed by atoms with Gasteiger partial charge in [0, 0.05) is 31.9 Å². The van der Waals surface area contributed by atoms with Gasteiger partial charge in [-0.15, -0.1) is 0 Å². The van der Waals surface area contributed by atoms with Crippen molar-refractivity contribution in [3.8, 4) is 11.5 Å². The summed E-state index contributed by atoms with van der Waals surface area (Å²) in [5.41, 5.74) is 2.94. The highest BCUT2D eigenvalue weighted by atomic mass is 16.6. The first kappa shape index (κ1) is 16.8. The van der Waals surface area contributed by atoms with Gasteiger partial charge in [0.1, 0.15) is 13.2 Å². The molecule has 0 saturated carbocycles. The second kappa shape index (κ2) is 6.90. The molecule has 1 fully saturated rings. The number of hydrogen-bond donors (Lipinski definition) is 0. The third-order valence-electron chi connectivity index (χ3n) is 5.10. The van der Waals surface area contributed by atoms with Crippen molar-refractivity contribution in [3.63, 3.8) is 0 Å². The summed E-state index contributed by atoms with van der Waals surface area (Å²) < 4.78 is 11.3. The number of fused-ring (bicyclic) bond motifs is 1. The third kappa shape index (κ3) is 3.09. The molecule has 0 spiro atoms. The van der Waals surface area contributed by atoms with E-state index in [1.165, 1.54) is 0 Å². The van der Waals surface area contributed by atoms with Crippen LogP contribution in [0.15, 0.2) is 42.5 Å². The van der Waals surface area contributed by atoms with Gasteiger partial charge < -0.3 is 19.3 Å². The molecule has 2 aliphatic heterocycles. The van der Waals surface area contributed by atoms with Crippen LogP contribution in [0.4, 0.5) is 5.69 Å². The van der Waals surface area contributed by atoms with Gasteiger partial charge >= 0.3 is 0 Å². The first-order chi connectivity index (χ1) is 12.6. The van der Waals surface area contributed by atoms with E-state index < -0.39 is 0 Å². The fourth-order valence-electron chi connectivity index (χ4n) is 3.69. The van der Waals surface area contributed by atoms with Gasteiger partial charge in [-0.05, 0) is 54.8 Å². The first-order valence-electron chi connectivity index (χ1n) is 9.11. The summed E-state index contributed by atoms with van der Waals surface area (Å²) in [7, 11) is 3.99. The number of nitrogens with zero attached hydrogens (tertiary/aromatic N) is 2. The van der Waals surface area contributed by atoms with Gasteiger partial charge in [0.25, 0.3) is 5.91 Å². The van der Waals surface area contributed by atoms with E-state index in [9.17, 15) is 4.79 Å². The van der Waals surface area contributed by atoms with Crippen LogP contribution in [0.25, 0.3) is 0 Å². The molecule has 1 saturated heterocycles. The summed E-state index contributed by atoms with van der Waals surface area (Å²) in [6, 6.07) is 13.9. The van der Waals surface area contributed by atoms with Crippen LogP contribution in [-0.4, -0.2) is 44.7 Å². The Morgan fingerprint density at radius 3 is 2.50 bits per heavy atom. The molecule has 4 rings (SSSR count). The van der Waals surface area contributed by atoms with Crippen LogP contribution >= 0.6 is 0 Å². The Kier molecular flexibility index (Phi) is 4.45. The quantitative estimate of drug-likeness (QED) is 0.848. The second-order valence-corrected chi connectivity index (χ2v) is 7.00. The number of ether oxygens (including phenoxy) is 2. The van der Waals surface area contributed by atoms with Crippen molar-refractivity contribution in [1.29, 1.82) is 0 Å². The Morgan fingerprint density at radius 2 is 1.77 bits per heavy atom. The number of hydrogen-bond acceptors (Lipinski definition) is 4. The molecule has 2 aromatic rings. The zero-order valence-corrected chi connectivity index (χ0v) is 15.3. The average Bonchev–Trinajstić information content (AvgIpc) is 3.17. The van der Waals surface area contributed by atoms with E-state index in [-0.39, 0.29) is 11.9 Å². The summed E-state index contributed by atoms with van der Waals surface area (Å²) in [4.78, 5) is 17.1. The average molecular weight is 352 g/mol. The van der Waals surface area contributed by atoms with Gasteiger partial charge in [0.2, 0.25) is 0 Å². The predicted molar refractivity (Wildman–Crippen MR) is 101 cm³/mol. The molecular formula is C21H24N2O3. The van der Waals surface area contributed by atoms with E-state index in [1.807, 2.05) is 60.3 Å². The molecule has 5 nitrogen and oxygen atoms in total. The van der Waals surface area contributed by atoms with Crippen molar-refractivity contribution in [3.05, 3.63) is 53.6 Å². The Morgan fingerprint density at radius 1 is 1.04 bits per heavy atom. The SMILES string of the molecule is CN(C)c1ccc(C(=O)N2CCCC2c2ccc3c(c2)OCCO3)cc1.